The van der Waals surface area contributed by atoms with E-state index in [0.717, 1.165) is 17.8 Å². The van der Waals surface area contributed by atoms with Gasteiger partial charge in [0.2, 0.25) is 0 Å². The van der Waals surface area contributed by atoms with E-state index in [-0.39, 0.29) is 0 Å². The Bertz CT molecular complexity index is 120. The molecular formula is C10H21N. The van der Waals surface area contributed by atoms with Crippen molar-refractivity contribution >= 4 is 0 Å². The Morgan fingerprint density at radius 3 is 2.36 bits per heavy atom. The van der Waals surface area contributed by atoms with Crippen LogP contribution in [-0.2, 0) is 0 Å². The van der Waals surface area contributed by atoms with Crippen molar-refractivity contribution in [3.05, 3.63) is 0 Å². The summed E-state index contributed by atoms with van der Waals surface area (Å²) in [4.78, 5) is 0. The molecule has 1 rings (SSSR count). The van der Waals surface area contributed by atoms with Gasteiger partial charge < -0.3 is 5.73 Å². The molecule has 3 atom stereocenters. The maximum Gasteiger partial charge on any atom is 0.00672 e. The summed E-state index contributed by atoms with van der Waals surface area (Å²) >= 11 is 0. The van der Waals surface area contributed by atoms with E-state index in [2.05, 4.69) is 20.8 Å². The quantitative estimate of drug-likeness (QED) is 0.618. The minimum atomic E-state index is 0.469. The van der Waals surface area contributed by atoms with E-state index in [1.807, 2.05) is 0 Å². The fourth-order valence-electron chi connectivity index (χ4n) is 2.00. The molecule has 0 unspecified atom stereocenters. The van der Waals surface area contributed by atoms with Crippen LogP contribution in [0, 0.1) is 17.8 Å². The van der Waals surface area contributed by atoms with Crippen molar-refractivity contribution in [2.75, 3.05) is 0 Å². The monoisotopic (exact) mass is 155 g/mol. The van der Waals surface area contributed by atoms with Crippen molar-refractivity contribution in [2.24, 2.45) is 23.5 Å². The van der Waals surface area contributed by atoms with E-state index >= 15 is 0 Å². The second-order valence-corrected chi connectivity index (χ2v) is 4.46. The van der Waals surface area contributed by atoms with Crippen molar-refractivity contribution < 1.29 is 0 Å². The summed E-state index contributed by atoms with van der Waals surface area (Å²) in [5.41, 5.74) is 6.01. The summed E-state index contributed by atoms with van der Waals surface area (Å²) in [5, 5.41) is 0. The minimum Gasteiger partial charge on any atom is -0.327 e. The second kappa shape index (κ2) is 3.57. The highest BCUT2D eigenvalue weighted by Crippen LogP contribution is 2.32. The molecule has 1 heteroatoms. The van der Waals surface area contributed by atoms with Crippen molar-refractivity contribution in [2.45, 2.75) is 46.1 Å². The molecule has 11 heavy (non-hydrogen) atoms. The molecule has 0 aromatic rings. The second-order valence-electron chi connectivity index (χ2n) is 4.46. The predicted molar refractivity (Wildman–Crippen MR) is 49.3 cm³/mol. The van der Waals surface area contributed by atoms with E-state index < -0.39 is 0 Å². The van der Waals surface area contributed by atoms with Gasteiger partial charge in [0.25, 0.3) is 0 Å². The summed E-state index contributed by atoms with van der Waals surface area (Å²) in [6, 6.07) is 0.469. The first-order valence-corrected chi connectivity index (χ1v) is 4.87. The smallest absolute Gasteiger partial charge is 0.00672 e. The van der Waals surface area contributed by atoms with Crippen LogP contribution in [0.1, 0.15) is 40.0 Å². The topological polar surface area (TPSA) is 26.0 Å². The molecule has 0 spiro atoms. The van der Waals surface area contributed by atoms with Crippen LogP contribution in [0.5, 0.6) is 0 Å². The zero-order chi connectivity index (χ0) is 8.43. The molecule has 1 aliphatic rings. The largest absolute Gasteiger partial charge is 0.327 e. The van der Waals surface area contributed by atoms with Crippen LogP contribution < -0.4 is 5.73 Å². The van der Waals surface area contributed by atoms with Crippen LogP contribution in [-0.4, -0.2) is 6.04 Å². The average molecular weight is 155 g/mol. The number of nitrogens with two attached hydrogens (primary N) is 1. The van der Waals surface area contributed by atoms with Crippen molar-refractivity contribution in [1.29, 1.82) is 0 Å². The molecule has 0 radical (unpaired) electrons. The molecule has 0 amide bonds. The molecule has 1 aliphatic carbocycles. The van der Waals surface area contributed by atoms with Gasteiger partial charge in [0.15, 0.2) is 0 Å². The third-order valence-electron chi connectivity index (χ3n) is 3.24. The molecule has 66 valence electrons. The van der Waals surface area contributed by atoms with Crippen LogP contribution in [0.2, 0.25) is 0 Å². The summed E-state index contributed by atoms with van der Waals surface area (Å²) in [6.07, 6.45) is 3.98. The first-order valence-electron chi connectivity index (χ1n) is 4.87. The maximum atomic E-state index is 6.01. The number of rotatable bonds is 1. The van der Waals surface area contributed by atoms with Crippen molar-refractivity contribution in [3.8, 4) is 0 Å². The molecule has 1 nitrogen and oxygen atoms in total. The first-order chi connectivity index (χ1) is 5.11. The van der Waals surface area contributed by atoms with Crippen molar-refractivity contribution in [3.63, 3.8) is 0 Å². The maximum absolute atomic E-state index is 6.01. The van der Waals surface area contributed by atoms with Gasteiger partial charge in [0, 0.05) is 6.04 Å². The standard InChI is InChI=1S/C10H21N/c1-7(2)9-5-4-8(3)10(11)6-9/h7-10H,4-6,11H2,1-3H3/t8-,9+,10-/m0/s1. The highest BCUT2D eigenvalue weighted by atomic mass is 14.7. The zero-order valence-electron chi connectivity index (χ0n) is 8.01. The molecular weight excluding hydrogens is 134 g/mol. The molecule has 0 bridgehead atoms. The normalized spacial score (nSPS) is 39.5. The number of hydrogen-bond acceptors (Lipinski definition) is 1. The Labute approximate surface area is 70.4 Å². The third kappa shape index (κ3) is 2.19. The average Bonchev–Trinajstić information content (AvgIpc) is 1.94. The van der Waals surface area contributed by atoms with Crippen LogP contribution in [0.4, 0.5) is 0 Å². The minimum absolute atomic E-state index is 0.469. The lowest BCUT2D eigenvalue weighted by atomic mass is 9.75. The summed E-state index contributed by atoms with van der Waals surface area (Å²) in [7, 11) is 0. The Hall–Kier alpha value is -0.0400. The molecule has 0 aromatic carbocycles. The van der Waals surface area contributed by atoms with Crippen molar-refractivity contribution in [1.82, 2.24) is 0 Å². The van der Waals surface area contributed by atoms with Crippen LogP contribution >= 0.6 is 0 Å². The lowest BCUT2D eigenvalue weighted by Crippen LogP contribution is -2.36. The van der Waals surface area contributed by atoms with Gasteiger partial charge in [-0.15, -0.1) is 0 Å². The molecule has 0 heterocycles. The molecule has 1 fully saturated rings. The highest BCUT2D eigenvalue weighted by Gasteiger charge is 2.26. The fourth-order valence-corrected chi connectivity index (χ4v) is 2.00. The van der Waals surface area contributed by atoms with Gasteiger partial charge in [-0.1, -0.05) is 20.8 Å². The summed E-state index contributed by atoms with van der Waals surface area (Å²) in [5.74, 6) is 2.47. The van der Waals surface area contributed by atoms with E-state index in [4.69, 9.17) is 5.73 Å². The lowest BCUT2D eigenvalue weighted by molar-refractivity contribution is 0.206. The Morgan fingerprint density at radius 2 is 1.91 bits per heavy atom. The molecule has 1 saturated carbocycles. The lowest BCUT2D eigenvalue weighted by Gasteiger charge is -2.33. The number of hydrogen-bond donors (Lipinski definition) is 1. The van der Waals surface area contributed by atoms with Crippen LogP contribution in [0.25, 0.3) is 0 Å². The molecule has 0 aliphatic heterocycles. The molecule has 2 N–H and O–H groups in total. The Balaban J connectivity index is 2.40. The van der Waals surface area contributed by atoms with Crippen LogP contribution in [0.15, 0.2) is 0 Å². The molecule has 0 saturated heterocycles. The predicted octanol–water partition coefficient (Wildman–Crippen LogP) is 2.41. The third-order valence-corrected chi connectivity index (χ3v) is 3.24. The van der Waals surface area contributed by atoms with Gasteiger partial charge in [-0.25, -0.2) is 0 Å². The first kappa shape index (κ1) is 9.05. The zero-order valence-corrected chi connectivity index (χ0v) is 8.01. The van der Waals surface area contributed by atoms with Gasteiger partial charge >= 0.3 is 0 Å². The van der Waals surface area contributed by atoms with E-state index in [1.54, 1.807) is 0 Å². The van der Waals surface area contributed by atoms with Gasteiger partial charge in [-0.2, -0.15) is 0 Å². The summed E-state index contributed by atoms with van der Waals surface area (Å²) < 4.78 is 0. The summed E-state index contributed by atoms with van der Waals surface area (Å²) in [6.45, 7) is 6.90. The fraction of sp³-hybridized carbons (Fsp3) is 1.00. The van der Waals surface area contributed by atoms with Crippen LogP contribution in [0.3, 0.4) is 0 Å². The van der Waals surface area contributed by atoms with E-state index in [1.165, 1.54) is 19.3 Å². The SMILES string of the molecule is CC(C)[C@@H]1CC[C@H](C)[C@@H](N)C1. The van der Waals surface area contributed by atoms with E-state index in [0.29, 0.717) is 6.04 Å². The Morgan fingerprint density at radius 1 is 1.27 bits per heavy atom. The molecule has 0 aromatic heterocycles. The van der Waals surface area contributed by atoms with Gasteiger partial charge in [0.1, 0.15) is 0 Å². The highest BCUT2D eigenvalue weighted by molar-refractivity contribution is 4.81. The van der Waals surface area contributed by atoms with Gasteiger partial charge in [0.05, 0.1) is 0 Å². The Kier molecular flexibility index (Phi) is 2.94. The van der Waals surface area contributed by atoms with Gasteiger partial charge in [-0.05, 0) is 37.0 Å². The van der Waals surface area contributed by atoms with Gasteiger partial charge in [-0.3, -0.25) is 0 Å². The van der Waals surface area contributed by atoms with E-state index in [9.17, 15) is 0 Å².